The topological polar surface area (TPSA) is 66.3 Å². The number of anilines is 1. The summed E-state index contributed by atoms with van der Waals surface area (Å²) in [6.45, 7) is 7.99. The summed E-state index contributed by atoms with van der Waals surface area (Å²) in [6.07, 6.45) is 3.67. The molecule has 0 aliphatic carbocycles. The van der Waals surface area contributed by atoms with E-state index in [1.807, 2.05) is 48.1 Å². The molecule has 0 spiro atoms. The predicted octanol–water partition coefficient (Wildman–Crippen LogP) is 3.34. The van der Waals surface area contributed by atoms with Crippen molar-refractivity contribution in [1.82, 2.24) is 24.8 Å². The molecule has 2 aromatic carbocycles. The highest BCUT2D eigenvalue weighted by Gasteiger charge is 2.20. The van der Waals surface area contributed by atoms with Gasteiger partial charge in [-0.05, 0) is 42.3 Å². The molecule has 34 heavy (non-hydrogen) atoms. The lowest BCUT2D eigenvalue weighted by atomic mass is 10.2. The summed E-state index contributed by atoms with van der Waals surface area (Å²) >= 11 is 0. The van der Waals surface area contributed by atoms with Crippen molar-refractivity contribution >= 4 is 22.6 Å². The molecule has 5 rings (SSSR count). The molecule has 1 aliphatic heterocycles. The molecular weight excluding hydrogens is 424 g/mol. The Labute approximate surface area is 200 Å². The van der Waals surface area contributed by atoms with Crippen LogP contribution < -0.4 is 10.2 Å². The first-order valence-electron chi connectivity index (χ1n) is 11.8. The Balaban J connectivity index is 1.22. The first-order valence-corrected chi connectivity index (χ1v) is 11.8. The van der Waals surface area contributed by atoms with E-state index in [1.54, 1.807) is 0 Å². The Morgan fingerprint density at radius 3 is 2.50 bits per heavy atom. The number of carbonyl (C=O) groups excluding carboxylic acids is 1. The molecule has 0 unspecified atom stereocenters. The second-order valence-corrected chi connectivity index (χ2v) is 8.79. The van der Waals surface area contributed by atoms with Crippen LogP contribution in [0.1, 0.15) is 21.7 Å². The number of nitrogens with zero attached hydrogens (tertiary/aromatic N) is 5. The lowest BCUT2D eigenvalue weighted by molar-refractivity contribution is 0.0934. The molecular formula is C27H30N6O. The average Bonchev–Trinajstić information content (AvgIpc) is 3.23. The van der Waals surface area contributed by atoms with Crippen molar-refractivity contribution in [3.8, 4) is 0 Å². The monoisotopic (exact) mass is 454 g/mol. The van der Waals surface area contributed by atoms with Crippen LogP contribution in [0.3, 0.4) is 0 Å². The van der Waals surface area contributed by atoms with Gasteiger partial charge in [-0.2, -0.15) is 0 Å². The number of hydrogen-bond donors (Lipinski definition) is 1. The number of imidazole rings is 1. The Bertz CT molecular complexity index is 1250. The molecule has 0 bridgehead atoms. The number of benzene rings is 2. The van der Waals surface area contributed by atoms with E-state index in [0.29, 0.717) is 18.9 Å². The van der Waals surface area contributed by atoms with Crippen molar-refractivity contribution in [3.63, 3.8) is 0 Å². The molecule has 7 nitrogen and oxygen atoms in total. The first-order chi connectivity index (χ1) is 16.7. The lowest BCUT2D eigenvalue weighted by Gasteiger charge is -2.36. The normalized spacial score (nSPS) is 14.4. The van der Waals surface area contributed by atoms with Gasteiger partial charge in [-0.25, -0.2) is 4.98 Å². The molecule has 7 heteroatoms. The van der Waals surface area contributed by atoms with Crippen molar-refractivity contribution in [2.45, 2.75) is 13.5 Å². The molecule has 1 fully saturated rings. The van der Waals surface area contributed by atoms with Crippen LogP contribution in [0.2, 0.25) is 0 Å². The zero-order valence-electron chi connectivity index (χ0n) is 19.5. The molecule has 0 atom stereocenters. The Morgan fingerprint density at radius 2 is 1.74 bits per heavy atom. The average molecular weight is 455 g/mol. The number of hydrogen-bond acceptors (Lipinski definition) is 5. The number of fused-ring (bicyclic) bond motifs is 1. The van der Waals surface area contributed by atoms with Crippen molar-refractivity contribution in [1.29, 1.82) is 0 Å². The van der Waals surface area contributed by atoms with E-state index < -0.39 is 0 Å². The van der Waals surface area contributed by atoms with Gasteiger partial charge in [-0.15, -0.1) is 0 Å². The van der Waals surface area contributed by atoms with E-state index in [0.717, 1.165) is 54.9 Å². The largest absolute Gasteiger partial charge is 0.369 e. The van der Waals surface area contributed by atoms with Crippen LogP contribution in [0.4, 0.5) is 5.69 Å². The van der Waals surface area contributed by atoms with Crippen molar-refractivity contribution in [3.05, 3.63) is 90.0 Å². The molecule has 1 amide bonds. The minimum absolute atomic E-state index is 0.125. The number of aryl methyl sites for hydroxylation is 1. The second-order valence-electron chi connectivity index (χ2n) is 8.79. The Morgan fingerprint density at radius 1 is 0.971 bits per heavy atom. The van der Waals surface area contributed by atoms with E-state index in [2.05, 4.69) is 56.5 Å². The number of pyridine rings is 1. The minimum Gasteiger partial charge on any atom is -0.369 e. The maximum Gasteiger partial charge on any atom is 0.287 e. The van der Waals surface area contributed by atoms with Gasteiger partial charge in [-0.1, -0.05) is 36.4 Å². The summed E-state index contributed by atoms with van der Waals surface area (Å²) in [5.41, 5.74) is 5.33. The van der Waals surface area contributed by atoms with Gasteiger partial charge < -0.3 is 14.8 Å². The van der Waals surface area contributed by atoms with Crippen LogP contribution in [0.5, 0.6) is 0 Å². The van der Waals surface area contributed by atoms with Gasteiger partial charge in [0.2, 0.25) is 0 Å². The van der Waals surface area contributed by atoms with Gasteiger partial charge >= 0.3 is 0 Å². The summed E-state index contributed by atoms with van der Waals surface area (Å²) < 4.78 is 2.02. The van der Waals surface area contributed by atoms with Crippen LogP contribution in [-0.4, -0.2) is 64.6 Å². The van der Waals surface area contributed by atoms with Gasteiger partial charge in [0.25, 0.3) is 5.91 Å². The number of carbonyl (C=O) groups is 1. The van der Waals surface area contributed by atoms with E-state index in [9.17, 15) is 4.79 Å². The Kier molecular flexibility index (Phi) is 6.53. The van der Waals surface area contributed by atoms with Crippen molar-refractivity contribution in [2.24, 2.45) is 0 Å². The van der Waals surface area contributed by atoms with Crippen molar-refractivity contribution in [2.75, 3.05) is 44.2 Å². The zero-order valence-corrected chi connectivity index (χ0v) is 19.5. The highest BCUT2D eigenvalue weighted by atomic mass is 16.2. The number of nitrogens with one attached hydrogen (secondary N) is 1. The summed E-state index contributed by atoms with van der Waals surface area (Å²) in [7, 11) is 0. The number of aromatic nitrogens is 3. The quantitative estimate of drug-likeness (QED) is 0.464. The van der Waals surface area contributed by atoms with Crippen LogP contribution >= 0.6 is 0 Å². The highest BCUT2D eigenvalue weighted by molar-refractivity contribution is 5.95. The molecule has 0 radical (unpaired) electrons. The van der Waals surface area contributed by atoms with Crippen LogP contribution in [0, 0.1) is 6.92 Å². The standard InChI is InChI=1S/C27H30N6O/c1-21-7-8-25-24(19-21)30-26(33(25)20-22-5-3-2-4-6-22)27(34)29-13-14-31-15-17-32(18-16-31)23-9-11-28-12-10-23/h2-12,19H,13-18,20H2,1H3,(H,29,34). The SMILES string of the molecule is Cc1ccc2c(c1)nc(C(=O)NCCN1CCN(c3ccncc3)CC1)n2Cc1ccccc1. The van der Waals surface area contributed by atoms with Crippen molar-refractivity contribution < 1.29 is 4.79 Å². The van der Waals surface area contributed by atoms with Gasteiger partial charge in [0.05, 0.1) is 11.0 Å². The molecule has 2 aromatic heterocycles. The third-order valence-corrected chi connectivity index (χ3v) is 6.40. The fraction of sp³-hybridized carbons (Fsp3) is 0.296. The van der Waals surface area contributed by atoms with Gasteiger partial charge in [-0.3, -0.25) is 14.7 Å². The lowest BCUT2D eigenvalue weighted by Crippen LogP contribution is -2.48. The maximum atomic E-state index is 13.2. The number of rotatable bonds is 7. The summed E-state index contributed by atoms with van der Waals surface area (Å²) in [6, 6.07) is 20.5. The van der Waals surface area contributed by atoms with E-state index in [4.69, 9.17) is 4.98 Å². The molecule has 1 aliphatic rings. The molecule has 174 valence electrons. The van der Waals surface area contributed by atoms with Crippen LogP contribution in [0.25, 0.3) is 11.0 Å². The maximum absolute atomic E-state index is 13.2. The van der Waals surface area contributed by atoms with E-state index in [-0.39, 0.29) is 5.91 Å². The Hall–Kier alpha value is -3.71. The zero-order chi connectivity index (χ0) is 23.3. The van der Waals surface area contributed by atoms with Gasteiger partial charge in [0.1, 0.15) is 0 Å². The minimum atomic E-state index is -0.125. The van der Waals surface area contributed by atoms with Crippen LogP contribution in [0.15, 0.2) is 73.1 Å². The summed E-state index contributed by atoms with van der Waals surface area (Å²) in [5, 5.41) is 3.11. The van der Waals surface area contributed by atoms with Gasteiger partial charge in [0, 0.05) is 63.9 Å². The number of piperazine rings is 1. The molecule has 1 saturated heterocycles. The molecule has 0 saturated carbocycles. The van der Waals surface area contributed by atoms with Crippen LogP contribution in [-0.2, 0) is 6.54 Å². The first kappa shape index (κ1) is 22.1. The van der Waals surface area contributed by atoms with E-state index in [1.165, 1.54) is 5.69 Å². The molecule has 4 aromatic rings. The van der Waals surface area contributed by atoms with E-state index >= 15 is 0 Å². The summed E-state index contributed by atoms with van der Waals surface area (Å²) in [5.74, 6) is 0.340. The highest BCUT2D eigenvalue weighted by Crippen LogP contribution is 2.20. The molecule has 3 heterocycles. The molecule has 1 N–H and O–H groups in total. The van der Waals surface area contributed by atoms with Gasteiger partial charge in [0.15, 0.2) is 5.82 Å². The second kappa shape index (κ2) is 10.1. The predicted molar refractivity (Wildman–Crippen MR) is 135 cm³/mol. The summed E-state index contributed by atoms with van der Waals surface area (Å²) in [4.78, 5) is 26.7. The fourth-order valence-corrected chi connectivity index (χ4v) is 4.53. The number of amides is 1. The fourth-order valence-electron chi connectivity index (χ4n) is 4.53. The third-order valence-electron chi connectivity index (χ3n) is 6.40. The third kappa shape index (κ3) is 4.94. The smallest absolute Gasteiger partial charge is 0.287 e.